The van der Waals surface area contributed by atoms with E-state index >= 15 is 0 Å². The maximum Gasteiger partial charge on any atom is 0.339 e. The molecule has 1 aliphatic heterocycles. The number of ether oxygens (including phenoxy) is 1. The zero-order valence-corrected chi connectivity index (χ0v) is 15.7. The number of carbonyl (C=O) groups is 2. The smallest absolute Gasteiger partial charge is 0.339 e. The molecule has 2 aromatic rings. The predicted octanol–water partition coefficient (Wildman–Crippen LogP) is 2.16. The van der Waals surface area contributed by atoms with Crippen molar-refractivity contribution in [2.45, 2.75) is 6.92 Å². The van der Waals surface area contributed by atoms with Gasteiger partial charge in [0.25, 0.3) is 0 Å². The molecule has 0 radical (unpaired) electrons. The van der Waals surface area contributed by atoms with Gasteiger partial charge in [0.1, 0.15) is 11.6 Å². The highest BCUT2D eigenvalue weighted by Gasteiger charge is 2.20. The Labute approximate surface area is 163 Å². The largest absolute Gasteiger partial charge is 0.462 e. The van der Waals surface area contributed by atoms with Crippen molar-refractivity contribution in [3.8, 4) is 0 Å². The van der Waals surface area contributed by atoms with E-state index in [9.17, 15) is 14.0 Å². The minimum atomic E-state index is -0.376. The summed E-state index contributed by atoms with van der Waals surface area (Å²) in [5.41, 5.74) is 1.01. The van der Waals surface area contributed by atoms with Gasteiger partial charge >= 0.3 is 5.97 Å². The van der Waals surface area contributed by atoms with Crippen LogP contribution in [0.4, 0.5) is 15.9 Å². The lowest BCUT2D eigenvalue weighted by Crippen LogP contribution is -2.48. The number of carbonyl (C=O) groups excluding carboxylic acids is 2. The molecule has 1 N–H and O–H groups in total. The van der Waals surface area contributed by atoms with Crippen molar-refractivity contribution < 1.29 is 18.7 Å². The maximum atomic E-state index is 12.9. The van der Waals surface area contributed by atoms with Crippen molar-refractivity contribution in [3.63, 3.8) is 0 Å². The number of hydrogen-bond donors (Lipinski definition) is 1. The van der Waals surface area contributed by atoms with Gasteiger partial charge in [0.2, 0.25) is 5.91 Å². The minimum Gasteiger partial charge on any atom is -0.462 e. The molecule has 7 nitrogen and oxygen atoms in total. The second-order valence-corrected chi connectivity index (χ2v) is 6.44. The average Bonchev–Trinajstić information content (AvgIpc) is 2.71. The minimum absolute atomic E-state index is 0.128. The van der Waals surface area contributed by atoms with Crippen molar-refractivity contribution in [2.75, 3.05) is 49.5 Å². The Balaban J connectivity index is 1.47. The third-order valence-electron chi connectivity index (χ3n) is 4.45. The molecule has 1 saturated heterocycles. The zero-order valence-electron chi connectivity index (χ0n) is 15.7. The number of piperazine rings is 1. The molecular weight excluding hydrogens is 363 g/mol. The first-order valence-corrected chi connectivity index (χ1v) is 9.21. The summed E-state index contributed by atoms with van der Waals surface area (Å²) >= 11 is 0. The highest BCUT2D eigenvalue weighted by molar-refractivity contribution is 5.92. The Morgan fingerprint density at radius 1 is 1.11 bits per heavy atom. The third kappa shape index (κ3) is 5.26. The number of anilines is 2. The van der Waals surface area contributed by atoms with Gasteiger partial charge in [0.05, 0.1) is 18.7 Å². The van der Waals surface area contributed by atoms with Gasteiger partial charge in [-0.3, -0.25) is 9.69 Å². The summed E-state index contributed by atoms with van der Waals surface area (Å²) in [5.74, 6) is -0.0445. The predicted molar refractivity (Wildman–Crippen MR) is 104 cm³/mol. The van der Waals surface area contributed by atoms with Gasteiger partial charge in [-0.05, 0) is 43.3 Å². The molecule has 0 bridgehead atoms. The molecule has 0 spiro atoms. The molecule has 1 fully saturated rings. The van der Waals surface area contributed by atoms with Crippen LogP contribution in [0, 0.1) is 5.82 Å². The van der Waals surface area contributed by atoms with Gasteiger partial charge in [0, 0.05) is 38.1 Å². The van der Waals surface area contributed by atoms with Crippen LogP contribution in [0.5, 0.6) is 0 Å². The van der Waals surface area contributed by atoms with Crippen molar-refractivity contribution in [1.82, 2.24) is 9.88 Å². The molecule has 1 aromatic carbocycles. The fourth-order valence-corrected chi connectivity index (χ4v) is 2.98. The summed E-state index contributed by atoms with van der Waals surface area (Å²) in [6.45, 7) is 5.28. The first kappa shape index (κ1) is 19.8. The molecule has 0 unspecified atom stereocenters. The van der Waals surface area contributed by atoms with E-state index < -0.39 is 0 Å². The van der Waals surface area contributed by atoms with Gasteiger partial charge in [-0.1, -0.05) is 0 Å². The Kier molecular flexibility index (Phi) is 6.54. The Morgan fingerprint density at radius 3 is 2.43 bits per heavy atom. The second kappa shape index (κ2) is 9.27. The lowest BCUT2D eigenvalue weighted by molar-refractivity contribution is -0.117. The monoisotopic (exact) mass is 386 g/mol. The standard InChI is InChI=1S/C20H23FN4O3/c1-2-28-20(27)15-3-8-18(22-13-15)25-11-9-24(10-12-25)14-19(26)23-17-6-4-16(21)5-7-17/h3-8,13H,2,9-12,14H2,1H3,(H,23,26). The van der Waals surface area contributed by atoms with Gasteiger partial charge in [-0.15, -0.1) is 0 Å². The van der Waals surface area contributed by atoms with Gasteiger partial charge in [-0.2, -0.15) is 0 Å². The Morgan fingerprint density at radius 2 is 1.82 bits per heavy atom. The topological polar surface area (TPSA) is 74.8 Å². The first-order valence-electron chi connectivity index (χ1n) is 9.21. The highest BCUT2D eigenvalue weighted by Crippen LogP contribution is 2.15. The summed E-state index contributed by atoms with van der Waals surface area (Å²) in [5, 5.41) is 2.77. The van der Waals surface area contributed by atoms with Gasteiger partial charge in [0.15, 0.2) is 0 Å². The molecule has 148 valence electrons. The molecule has 28 heavy (non-hydrogen) atoms. The summed E-state index contributed by atoms with van der Waals surface area (Å²) in [6.07, 6.45) is 1.52. The van der Waals surface area contributed by atoms with E-state index in [-0.39, 0.29) is 24.2 Å². The molecular formula is C20H23FN4O3. The van der Waals surface area contributed by atoms with Crippen LogP contribution in [-0.4, -0.2) is 61.1 Å². The summed E-state index contributed by atoms with van der Waals surface area (Å²) in [4.78, 5) is 32.4. The first-order chi connectivity index (χ1) is 13.5. The van der Waals surface area contributed by atoms with Crippen LogP contribution in [0.15, 0.2) is 42.6 Å². The van der Waals surface area contributed by atoms with E-state index in [0.717, 1.165) is 32.0 Å². The molecule has 0 atom stereocenters. The summed E-state index contributed by atoms with van der Waals surface area (Å²) < 4.78 is 17.9. The number of aromatic nitrogens is 1. The van der Waals surface area contributed by atoms with Gasteiger partial charge < -0.3 is 15.0 Å². The van der Waals surface area contributed by atoms with Crippen LogP contribution in [0.1, 0.15) is 17.3 Å². The molecule has 3 rings (SSSR count). The molecule has 1 amide bonds. The van der Waals surface area contributed by atoms with Crippen LogP contribution >= 0.6 is 0 Å². The number of pyridine rings is 1. The van der Waals surface area contributed by atoms with Crippen LogP contribution in [0.2, 0.25) is 0 Å². The lowest BCUT2D eigenvalue weighted by atomic mass is 10.2. The number of amides is 1. The number of benzene rings is 1. The second-order valence-electron chi connectivity index (χ2n) is 6.44. The number of nitrogens with one attached hydrogen (secondary N) is 1. The van der Waals surface area contributed by atoms with Crippen LogP contribution in [0.3, 0.4) is 0 Å². The molecule has 1 aromatic heterocycles. The van der Waals surface area contributed by atoms with Crippen molar-refractivity contribution >= 4 is 23.4 Å². The van der Waals surface area contributed by atoms with Crippen molar-refractivity contribution in [2.24, 2.45) is 0 Å². The number of hydrogen-bond acceptors (Lipinski definition) is 6. The highest BCUT2D eigenvalue weighted by atomic mass is 19.1. The molecule has 0 saturated carbocycles. The number of esters is 1. The average molecular weight is 386 g/mol. The van der Waals surface area contributed by atoms with E-state index in [2.05, 4.69) is 20.1 Å². The summed E-state index contributed by atoms with van der Waals surface area (Å²) in [7, 11) is 0. The van der Waals surface area contributed by atoms with Gasteiger partial charge in [-0.25, -0.2) is 14.2 Å². The van der Waals surface area contributed by atoms with E-state index in [0.29, 0.717) is 17.9 Å². The number of rotatable bonds is 6. The van der Waals surface area contributed by atoms with Crippen LogP contribution < -0.4 is 10.2 Å². The van der Waals surface area contributed by atoms with E-state index in [1.807, 2.05) is 6.07 Å². The SMILES string of the molecule is CCOC(=O)c1ccc(N2CCN(CC(=O)Nc3ccc(F)cc3)CC2)nc1. The summed E-state index contributed by atoms with van der Waals surface area (Å²) in [6, 6.07) is 9.22. The van der Waals surface area contributed by atoms with Crippen LogP contribution in [0.25, 0.3) is 0 Å². The fourth-order valence-electron chi connectivity index (χ4n) is 2.98. The Hall–Kier alpha value is -3.00. The Bertz CT molecular complexity index is 803. The number of nitrogens with zero attached hydrogens (tertiary/aromatic N) is 3. The van der Waals surface area contributed by atoms with Crippen molar-refractivity contribution in [1.29, 1.82) is 0 Å². The lowest BCUT2D eigenvalue weighted by Gasteiger charge is -2.35. The molecule has 1 aliphatic rings. The molecule has 0 aliphatic carbocycles. The third-order valence-corrected chi connectivity index (χ3v) is 4.45. The molecule has 2 heterocycles. The quantitative estimate of drug-likeness (QED) is 0.767. The number of halogens is 1. The maximum absolute atomic E-state index is 12.9. The molecule has 8 heteroatoms. The van der Waals surface area contributed by atoms with E-state index in [4.69, 9.17) is 4.74 Å². The van der Waals surface area contributed by atoms with Crippen LogP contribution in [-0.2, 0) is 9.53 Å². The van der Waals surface area contributed by atoms with E-state index in [1.165, 1.54) is 30.5 Å². The fraction of sp³-hybridized carbons (Fsp3) is 0.350. The van der Waals surface area contributed by atoms with E-state index in [1.54, 1.807) is 13.0 Å². The zero-order chi connectivity index (χ0) is 19.9. The van der Waals surface area contributed by atoms with Crippen molar-refractivity contribution in [3.05, 3.63) is 54.0 Å². The normalized spacial score (nSPS) is 14.6.